The summed E-state index contributed by atoms with van der Waals surface area (Å²) in [7, 11) is 0. The summed E-state index contributed by atoms with van der Waals surface area (Å²) in [5.74, 6) is 0. The molecule has 2 aliphatic rings. The molecule has 2 heteroatoms. The molecule has 2 atom stereocenters. The largest absolute Gasteiger partial charge is 0.392 e. The van der Waals surface area contributed by atoms with Gasteiger partial charge in [-0.05, 0) is 25.7 Å². The van der Waals surface area contributed by atoms with Crippen LogP contribution in [0, 0.1) is 0 Å². The molecule has 0 heterocycles. The summed E-state index contributed by atoms with van der Waals surface area (Å²) in [6, 6.07) is 1.13. The van der Waals surface area contributed by atoms with Crippen LogP contribution in [0.2, 0.25) is 0 Å². The smallest absolute Gasteiger partial charge is 0.0693 e. The molecule has 0 aliphatic heterocycles. The first kappa shape index (κ1) is 8.52. The monoisotopic (exact) mass is 169 g/mol. The molecule has 0 aromatic heterocycles. The molecule has 2 saturated carbocycles. The first-order valence-electron chi connectivity index (χ1n) is 5.30. The highest BCUT2D eigenvalue weighted by Gasteiger charge is 2.30. The van der Waals surface area contributed by atoms with Gasteiger partial charge in [-0.3, -0.25) is 0 Å². The van der Waals surface area contributed by atoms with Crippen LogP contribution in [0.4, 0.5) is 0 Å². The molecule has 12 heavy (non-hydrogen) atoms. The highest BCUT2D eigenvalue weighted by Crippen LogP contribution is 2.24. The van der Waals surface area contributed by atoms with Crippen LogP contribution in [-0.4, -0.2) is 23.3 Å². The minimum absolute atomic E-state index is 0.0491. The van der Waals surface area contributed by atoms with Gasteiger partial charge in [0.05, 0.1) is 6.10 Å². The molecule has 0 spiro atoms. The molecule has 2 fully saturated rings. The minimum atomic E-state index is -0.0491. The van der Waals surface area contributed by atoms with E-state index in [1.54, 1.807) is 0 Å². The molecular formula is C10H19NO. The van der Waals surface area contributed by atoms with Gasteiger partial charge >= 0.3 is 0 Å². The van der Waals surface area contributed by atoms with E-state index in [0.29, 0.717) is 12.1 Å². The van der Waals surface area contributed by atoms with Crippen molar-refractivity contribution in [2.45, 2.75) is 63.1 Å². The minimum Gasteiger partial charge on any atom is -0.392 e. The lowest BCUT2D eigenvalue weighted by Gasteiger charge is -2.37. The Hall–Kier alpha value is -0.0800. The SMILES string of the molecule is O[C@H]1CC[C@@H]1NC1CCCCC1. The fourth-order valence-electron chi connectivity index (χ4n) is 2.25. The van der Waals surface area contributed by atoms with E-state index in [-0.39, 0.29) is 6.10 Å². The van der Waals surface area contributed by atoms with E-state index in [2.05, 4.69) is 5.32 Å². The summed E-state index contributed by atoms with van der Waals surface area (Å²) in [5.41, 5.74) is 0. The predicted molar refractivity (Wildman–Crippen MR) is 49.0 cm³/mol. The lowest BCUT2D eigenvalue weighted by Crippen LogP contribution is -2.52. The molecule has 0 aromatic carbocycles. The van der Waals surface area contributed by atoms with E-state index in [1.165, 1.54) is 38.5 Å². The van der Waals surface area contributed by atoms with Crippen LogP contribution in [0.25, 0.3) is 0 Å². The third-order valence-electron chi connectivity index (χ3n) is 3.29. The Morgan fingerprint density at radius 2 is 1.67 bits per heavy atom. The summed E-state index contributed by atoms with van der Waals surface area (Å²) < 4.78 is 0. The Morgan fingerprint density at radius 3 is 2.17 bits per heavy atom. The average molecular weight is 169 g/mol. The number of aliphatic hydroxyl groups excluding tert-OH is 1. The maximum Gasteiger partial charge on any atom is 0.0693 e. The maximum atomic E-state index is 9.38. The normalized spacial score (nSPS) is 37.8. The van der Waals surface area contributed by atoms with Gasteiger partial charge in [0.2, 0.25) is 0 Å². The molecule has 2 N–H and O–H groups in total. The Balaban J connectivity index is 1.70. The Kier molecular flexibility index (Phi) is 2.66. The van der Waals surface area contributed by atoms with Gasteiger partial charge in [0, 0.05) is 12.1 Å². The zero-order chi connectivity index (χ0) is 8.39. The van der Waals surface area contributed by atoms with Crippen molar-refractivity contribution in [3.63, 3.8) is 0 Å². The van der Waals surface area contributed by atoms with Crippen molar-refractivity contribution in [1.29, 1.82) is 0 Å². The molecule has 2 rings (SSSR count). The van der Waals surface area contributed by atoms with Crippen molar-refractivity contribution in [2.75, 3.05) is 0 Å². The van der Waals surface area contributed by atoms with Gasteiger partial charge < -0.3 is 10.4 Å². The second-order valence-corrected chi connectivity index (χ2v) is 4.25. The van der Waals surface area contributed by atoms with E-state index in [1.807, 2.05) is 0 Å². The van der Waals surface area contributed by atoms with Crippen molar-refractivity contribution in [3.8, 4) is 0 Å². The van der Waals surface area contributed by atoms with E-state index in [4.69, 9.17) is 0 Å². The summed E-state index contributed by atoms with van der Waals surface area (Å²) >= 11 is 0. The van der Waals surface area contributed by atoms with Crippen LogP contribution >= 0.6 is 0 Å². The predicted octanol–water partition coefficient (Wildman–Crippen LogP) is 1.43. The molecule has 70 valence electrons. The highest BCUT2D eigenvalue weighted by atomic mass is 16.3. The van der Waals surface area contributed by atoms with E-state index in [0.717, 1.165) is 6.42 Å². The van der Waals surface area contributed by atoms with Crippen LogP contribution in [-0.2, 0) is 0 Å². The second kappa shape index (κ2) is 3.75. The van der Waals surface area contributed by atoms with E-state index in [9.17, 15) is 5.11 Å². The van der Waals surface area contributed by atoms with Crippen LogP contribution in [0.3, 0.4) is 0 Å². The number of aliphatic hydroxyl groups is 1. The number of nitrogens with one attached hydrogen (secondary N) is 1. The van der Waals surface area contributed by atoms with Gasteiger partial charge in [-0.25, -0.2) is 0 Å². The fraction of sp³-hybridized carbons (Fsp3) is 1.00. The third kappa shape index (κ3) is 1.80. The Labute approximate surface area is 74.4 Å². The molecule has 2 aliphatic carbocycles. The zero-order valence-electron chi connectivity index (χ0n) is 7.63. The van der Waals surface area contributed by atoms with Crippen LogP contribution < -0.4 is 5.32 Å². The lowest BCUT2D eigenvalue weighted by atomic mass is 9.86. The van der Waals surface area contributed by atoms with Crippen molar-refractivity contribution in [2.24, 2.45) is 0 Å². The van der Waals surface area contributed by atoms with Gasteiger partial charge in [0.15, 0.2) is 0 Å². The zero-order valence-corrected chi connectivity index (χ0v) is 7.63. The van der Waals surface area contributed by atoms with Crippen molar-refractivity contribution in [3.05, 3.63) is 0 Å². The Morgan fingerprint density at radius 1 is 0.917 bits per heavy atom. The number of hydrogen-bond acceptors (Lipinski definition) is 2. The summed E-state index contributed by atoms with van der Waals surface area (Å²) in [6.45, 7) is 0. The average Bonchev–Trinajstić information content (AvgIpc) is 2.14. The molecule has 0 radical (unpaired) electrons. The van der Waals surface area contributed by atoms with Gasteiger partial charge in [-0.15, -0.1) is 0 Å². The topological polar surface area (TPSA) is 32.3 Å². The second-order valence-electron chi connectivity index (χ2n) is 4.25. The first-order valence-corrected chi connectivity index (χ1v) is 5.30. The molecule has 0 amide bonds. The molecule has 0 bridgehead atoms. The molecule has 0 unspecified atom stereocenters. The molecule has 0 aromatic rings. The summed E-state index contributed by atoms with van der Waals surface area (Å²) in [6.07, 6.45) is 8.94. The van der Waals surface area contributed by atoms with Crippen molar-refractivity contribution in [1.82, 2.24) is 5.32 Å². The fourth-order valence-corrected chi connectivity index (χ4v) is 2.25. The number of rotatable bonds is 2. The highest BCUT2D eigenvalue weighted by molar-refractivity contribution is 4.89. The maximum absolute atomic E-state index is 9.38. The summed E-state index contributed by atoms with van der Waals surface area (Å²) in [4.78, 5) is 0. The van der Waals surface area contributed by atoms with Gasteiger partial charge in [-0.2, -0.15) is 0 Å². The van der Waals surface area contributed by atoms with E-state index < -0.39 is 0 Å². The Bertz CT molecular complexity index is 143. The quantitative estimate of drug-likeness (QED) is 0.655. The first-order chi connectivity index (χ1) is 5.86. The van der Waals surface area contributed by atoms with Crippen LogP contribution in [0.15, 0.2) is 0 Å². The van der Waals surface area contributed by atoms with Gasteiger partial charge in [0.25, 0.3) is 0 Å². The van der Waals surface area contributed by atoms with Gasteiger partial charge in [-0.1, -0.05) is 19.3 Å². The van der Waals surface area contributed by atoms with Gasteiger partial charge in [0.1, 0.15) is 0 Å². The molecular weight excluding hydrogens is 150 g/mol. The molecule has 2 nitrogen and oxygen atoms in total. The third-order valence-corrected chi connectivity index (χ3v) is 3.29. The van der Waals surface area contributed by atoms with Crippen LogP contribution in [0.1, 0.15) is 44.9 Å². The molecule has 0 saturated heterocycles. The van der Waals surface area contributed by atoms with E-state index >= 15 is 0 Å². The standard InChI is InChI=1S/C10H19NO/c12-10-7-6-9(10)11-8-4-2-1-3-5-8/h8-12H,1-7H2/t9-,10-/m0/s1. The van der Waals surface area contributed by atoms with Crippen molar-refractivity contribution >= 4 is 0 Å². The van der Waals surface area contributed by atoms with Crippen LogP contribution in [0.5, 0.6) is 0 Å². The lowest BCUT2D eigenvalue weighted by molar-refractivity contribution is 0.0411. The van der Waals surface area contributed by atoms with Crippen molar-refractivity contribution < 1.29 is 5.11 Å². The summed E-state index contributed by atoms with van der Waals surface area (Å²) in [5, 5.41) is 12.9. The number of hydrogen-bond donors (Lipinski definition) is 2.